The number of ketones is 1. The van der Waals surface area contributed by atoms with Gasteiger partial charge in [-0.05, 0) is 26.3 Å². The van der Waals surface area contributed by atoms with Gasteiger partial charge in [0.05, 0.1) is 6.61 Å². The number of carbonyl (C=O) groups excluding carboxylic acids is 1. The third kappa shape index (κ3) is 3.44. The number of rotatable bonds is 4. The normalized spacial score (nSPS) is 24.6. The lowest BCUT2D eigenvalue weighted by Gasteiger charge is -2.31. The largest absolute Gasteiger partial charge is 0.383 e. The summed E-state index contributed by atoms with van der Waals surface area (Å²) in [5.41, 5.74) is 0. The molecule has 3 nitrogen and oxygen atoms in total. The van der Waals surface area contributed by atoms with Crippen LogP contribution in [0.15, 0.2) is 0 Å². The molecule has 0 N–H and O–H groups in total. The van der Waals surface area contributed by atoms with Gasteiger partial charge in [0.15, 0.2) is 0 Å². The average Bonchev–Trinajstić information content (AvgIpc) is 2.15. The minimum absolute atomic E-state index is 0.269. The van der Waals surface area contributed by atoms with E-state index in [1.54, 1.807) is 14.0 Å². The Morgan fingerprint density at radius 3 is 3.00 bits per heavy atom. The SMILES string of the molecule is COCCN1CCC[C@@H](C(C)=O)C1. The number of hydrogen-bond acceptors (Lipinski definition) is 3. The van der Waals surface area contributed by atoms with Crippen molar-refractivity contribution in [2.45, 2.75) is 19.8 Å². The maximum Gasteiger partial charge on any atom is 0.134 e. The van der Waals surface area contributed by atoms with Crippen molar-refractivity contribution in [3.8, 4) is 0 Å². The second-order valence-electron chi connectivity index (χ2n) is 3.74. The number of hydrogen-bond donors (Lipinski definition) is 0. The lowest BCUT2D eigenvalue weighted by atomic mass is 9.95. The standard InChI is InChI=1S/C10H19NO2/c1-9(12)10-4-3-5-11(8-10)6-7-13-2/h10H,3-8H2,1-2H3/t10-/m1/s1. The van der Waals surface area contributed by atoms with E-state index < -0.39 is 0 Å². The summed E-state index contributed by atoms with van der Waals surface area (Å²) in [5, 5.41) is 0. The zero-order valence-corrected chi connectivity index (χ0v) is 8.58. The van der Waals surface area contributed by atoms with Crippen LogP contribution in [0.5, 0.6) is 0 Å². The fourth-order valence-corrected chi connectivity index (χ4v) is 1.81. The van der Waals surface area contributed by atoms with Crippen molar-refractivity contribution < 1.29 is 9.53 Å². The Balaban J connectivity index is 2.29. The molecule has 13 heavy (non-hydrogen) atoms. The van der Waals surface area contributed by atoms with E-state index in [1.165, 1.54) is 0 Å². The van der Waals surface area contributed by atoms with Gasteiger partial charge in [-0.1, -0.05) is 0 Å². The molecule has 0 radical (unpaired) electrons. The Morgan fingerprint density at radius 2 is 2.38 bits per heavy atom. The second-order valence-corrected chi connectivity index (χ2v) is 3.74. The summed E-state index contributed by atoms with van der Waals surface area (Å²) in [6, 6.07) is 0. The molecule has 76 valence electrons. The molecule has 3 heteroatoms. The Labute approximate surface area is 80.1 Å². The second kappa shape index (κ2) is 5.35. The zero-order valence-electron chi connectivity index (χ0n) is 8.58. The van der Waals surface area contributed by atoms with Gasteiger partial charge in [-0.15, -0.1) is 0 Å². The summed E-state index contributed by atoms with van der Waals surface area (Å²) in [6.07, 6.45) is 2.22. The molecule has 1 atom stereocenters. The summed E-state index contributed by atoms with van der Waals surface area (Å²) < 4.78 is 5.01. The van der Waals surface area contributed by atoms with E-state index in [-0.39, 0.29) is 5.92 Å². The molecule has 0 bridgehead atoms. The van der Waals surface area contributed by atoms with Gasteiger partial charge in [0, 0.05) is 26.1 Å². The zero-order chi connectivity index (χ0) is 9.68. The van der Waals surface area contributed by atoms with Crippen molar-refractivity contribution in [1.82, 2.24) is 4.90 Å². The molecule has 1 aliphatic rings. The van der Waals surface area contributed by atoms with Crippen LogP contribution in [0.4, 0.5) is 0 Å². The summed E-state index contributed by atoms with van der Waals surface area (Å²) >= 11 is 0. The van der Waals surface area contributed by atoms with E-state index in [9.17, 15) is 4.79 Å². The van der Waals surface area contributed by atoms with Crippen LogP contribution in [0.2, 0.25) is 0 Å². The van der Waals surface area contributed by atoms with E-state index in [2.05, 4.69) is 4.90 Å². The lowest BCUT2D eigenvalue weighted by Crippen LogP contribution is -2.39. The van der Waals surface area contributed by atoms with E-state index >= 15 is 0 Å². The molecule has 0 unspecified atom stereocenters. The van der Waals surface area contributed by atoms with E-state index in [4.69, 9.17) is 4.74 Å². The molecule has 0 aromatic heterocycles. The van der Waals surface area contributed by atoms with Crippen LogP contribution in [-0.4, -0.2) is 44.0 Å². The number of piperidine rings is 1. The van der Waals surface area contributed by atoms with Crippen molar-refractivity contribution in [2.75, 3.05) is 33.4 Å². The summed E-state index contributed by atoms with van der Waals surface area (Å²) in [7, 11) is 1.71. The Bertz CT molecular complexity index is 170. The highest BCUT2D eigenvalue weighted by molar-refractivity contribution is 5.78. The first kappa shape index (κ1) is 10.7. The molecule has 1 fully saturated rings. The molecule has 0 saturated carbocycles. The average molecular weight is 185 g/mol. The maximum absolute atomic E-state index is 11.2. The Morgan fingerprint density at radius 1 is 1.62 bits per heavy atom. The minimum Gasteiger partial charge on any atom is -0.383 e. The highest BCUT2D eigenvalue weighted by atomic mass is 16.5. The van der Waals surface area contributed by atoms with Crippen molar-refractivity contribution in [3.63, 3.8) is 0 Å². The van der Waals surface area contributed by atoms with Gasteiger partial charge >= 0.3 is 0 Å². The topological polar surface area (TPSA) is 29.5 Å². The van der Waals surface area contributed by atoms with Gasteiger partial charge < -0.3 is 9.64 Å². The van der Waals surface area contributed by atoms with Crippen molar-refractivity contribution in [1.29, 1.82) is 0 Å². The van der Waals surface area contributed by atoms with Crippen LogP contribution in [0.25, 0.3) is 0 Å². The fraction of sp³-hybridized carbons (Fsp3) is 0.900. The number of methoxy groups -OCH3 is 1. The van der Waals surface area contributed by atoms with E-state index in [1.807, 2.05) is 0 Å². The van der Waals surface area contributed by atoms with Gasteiger partial charge in [0.25, 0.3) is 0 Å². The molecule has 1 rings (SSSR count). The molecule has 1 aliphatic heterocycles. The molecule has 0 spiro atoms. The van der Waals surface area contributed by atoms with Crippen LogP contribution in [0, 0.1) is 5.92 Å². The highest BCUT2D eigenvalue weighted by Gasteiger charge is 2.22. The molecule has 0 aromatic carbocycles. The summed E-state index contributed by atoms with van der Waals surface area (Å²) in [6.45, 7) is 5.47. The monoisotopic (exact) mass is 185 g/mol. The maximum atomic E-state index is 11.2. The molecule has 0 aromatic rings. The highest BCUT2D eigenvalue weighted by Crippen LogP contribution is 2.16. The van der Waals surface area contributed by atoms with Crippen molar-refractivity contribution in [3.05, 3.63) is 0 Å². The first-order valence-electron chi connectivity index (χ1n) is 4.95. The quantitative estimate of drug-likeness (QED) is 0.652. The number of Topliss-reactive ketones (excluding diaryl/α,β-unsaturated/α-hetero) is 1. The van der Waals surface area contributed by atoms with Gasteiger partial charge in [0.1, 0.15) is 5.78 Å². The molecular formula is C10H19NO2. The molecule has 1 heterocycles. The van der Waals surface area contributed by atoms with E-state index in [0.29, 0.717) is 5.78 Å². The number of likely N-dealkylation sites (tertiary alicyclic amines) is 1. The minimum atomic E-state index is 0.269. The van der Waals surface area contributed by atoms with Crippen LogP contribution < -0.4 is 0 Å². The Kier molecular flexibility index (Phi) is 4.39. The van der Waals surface area contributed by atoms with E-state index in [0.717, 1.165) is 39.1 Å². The van der Waals surface area contributed by atoms with Crippen LogP contribution in [0.3, 0.4) is 0 Å². The molecule has 0 aliphatic carbocycles. The van der Waals surface area contributed by atoms with Gasteiger partial charge in [-0.2, -0.15) is 0 Å². The predicted molar refractivity (Wildman–Crippen MR) is 51.7 cm³/mol. The number of ether oxygens (including phenoxy) is 1. The summed E-state index contributed by atoms with van der Waals surface area (Å²) in [4.78, 5) is 13.5. The third-order valence-corrected chi connectivity index (χ3v) is 2.69. The van der Waals surface area contributed by atoms with Crippen LogP contribution in [-0.2, 0) is 9.53 Å². The molecule has 1 saturated heterocycles. The lowest BCUT2D eigenvalue weighted by molar-refractivity contribution is -0.122. The smallest absolute Gasteiger partial charge is 0.134 e. The van der Waals surface area contributed by atoms with Crippen molar-refractivity contribution >= 4 is 5.78 Å². The van der Waals surface area contributed by atoms with Gasteiger partial charge in [-0.25, -0.2) is 0 Å². The predicted octanol–water partition coefficient (Wildman–Crippen LogP) is 0.934. The number of nitrogens with zero attached hydrogens (tertiary/aromatic N) is 1. The summed E-state index contributed by atoms with van der Waals surface area (Å²) in [5.74, 6) is 0.604. The van der Waals surface area contributed by atoms with Crippen LogP contribution in [0.1, 0.15) is 19.8 Å². The first-order valence-corrected chi connectivity index (χ1v) is 4.95. The Hall–Kier alpha value is -0.410. The van der Waals surface area contributed by atoms with Crippen molar-refractivity contribution in [2.24, 2.45) is 5.92 Å². The molecule has 0 amide bonds. The first-order chi connectivity index (χ1) is 6.24. The third-order valence-electron chi connectivity index (χ3n) is 2.69. The van der Waals surface area contributed by atoms with Crippen LogP contribution >= 0.6 is 0 Å². The fourth-order valence-electron chi connectivity index (χ4n) is 1.81. The van der Waals surface area contributed by atoms with Gasteiger partial charge in [-0.3, -0.25) is 4.79 Å². The molecular weight excluding hydrogens is 166 g/mol. The number of carbonyl (C=O) groups is 1. The van der Waals surface area contributed by atoms with Gasteiger partial charge in [0.2, 0.25) is 0 Å².